The second kappa shape index (κ2) is 10.4. The molecule has 1 heterocycles. The summed E-state index contributed by atoms with van der Waals surface area (Å²) < 4.78 is 5.34. The predicted octanol–water partition coefficient (Wildman–Crippen LogP) is -0.259. The van der Waals surface area contributed by atoms with Gasteiger partial charge in [-0.3, -0.25) is 9.69 Å². The van der Waals surface area contributed by atoms with Gasteiger partial charge in [0.15, 0.2) is 5.96 Å². The van der Waals surface area contributed by atoms with Crippen molar-refractivity contribution >= 4 is 11.9 Å². The first-order chi connectivity index (χ1) is 10.5. The zero-order chi connectivity index (χ0) is 16.4. The number of rotatable bonds is 7. The zero-order valence-corrected chi connectivity index (χ0v) is 14.4. The monoisotopic (exact) mass is 313 g/mol. The van der Waals surface area contributed by atoms with E-state index in [1.807, 2.05) is 0 Å². The van der Waals surface area contributed by atoms with E-state index in [1.54, 1.807) is 19.0 Å². The number of guanidine groups is 1. The largest absolute Gasteiger partial charge is 0.379 e. The van der Waals surface area contributed by atoms with Crippen LogP contribution in [0.15, 0.2) is 4.99 Å². The van der Waals surface area contributed by atoms with Crippen LogP contribution >= 0.6 is 0 Å². The lowest BCUT2D eigenvalue weighted by Crippen LogP contribution is -2.46. The van der Waals surface area contributed by atoms with Gasteiger partial charge in [0.25, 0.3) is 0 Å². The van der Waals surface area contributed by atoms with Crippen molar-refractivity contribution in [1.29, 1.82) is 0 Å². The van der Waals surface area contributed by atoms with Crippen LogP contribution in [0.4, 0.5) is 0 Å². The number of carbonyl (C=O) groups excluding carboxylic acids is 1. The number of nitrogens with zero attached hydrogens (tertiary/aromatic N) is 3. The summed E-state index contributed by atoms with van der Waals surface area (Å²) in [5, 5.41) is 6.64. The number of aliphatic imine (C=N–C) groups is 1. The van der Waals surface area contributed by atoms with Crippen LogP contribution in [0.5, 0.6) is 0 Å². The third kappa shape index (κ3) is 7.61. The minimum absolute atomic E-state index is 0.00145. The van der Waals surface area contributed by atoms with Crippen LogP contribution in [0.1, 0.15) is 20.3 Å². The van der Waals surface area contributed by atoms with Gasteiger partial charge in [-0.15, -0.1) is 0 Å². The molecule has 1 amide bonds. The first kappa shape index (κ1) is 18.7. The number of hydrogen-bond acceptors (Lipinski definition) is 4. The lowest BCUT2D eigenvalue weighted by atomic mass is 10.3. The Hall–Kier alpha value is -1.34. The molecule has 128 valence electrons. The van der Waals surface area contributed by atoms with Gasteiger partial charge in [-0.1, -0.05) is 6.92 Å². The molecule has 1 atom stereocenters. The van der Waals surface area contributed by atoms with E-state index in [0.717, 1.165) is 45.8 Å². The Morgan fingerprint density at radius 3 is 2.64 bits per heavy atom. The van der Waals surface area contributed by atoms with Gasteiger partial charge in [0.05, 0.1) is 13.2 Å². The van der Waals surface area contributed by atoms with Crippen LogP contribution < -0.4 is 10.6 Å². The molecule has 1 saturated heterocycles. The van der Waals surface area contributed by atoms with Crippen molar-refractivity contribution in [1.82, 2.24) is 20.4 Å². The quantitative estimate of drug-likeness (QED) is 0.501. The molecule has 1 aliphatic heterocycles. The summed E-state index contributed by atoms with van der Waals surface area (Å²) in [5.41, 5.74) is 0. The molecule has 7 nitrogen and oxygen atoms in total. The Bertz CT molecular complexity index is 354. The van der Waals surface area contributed by atoms with E-state index in [0.29, 0.717) is 12.0 Å². The Balaban J connectivity index is 2.42. The van der Waals surface area contributed by atoms with E-state index < -0.39 is 0 Å². The molecule has 1 unspecified atom stereocenters. The van der Waals surface area contributed by atoms with Crippen molar-refractivity contribution in [2.45, 2.75) is 26.3 Å². The van der Waals surface area contributed by atoms with Gasteiger partial charge < -0.3 is 20.3 Å². The molecule has 1 rings (SSSR count). The minimum Gasteiger partial charge on any atom is -0.379 e. The van der Waals surface area contributed by atoms with Gasteiger partial charge in [0.1, 0.15) is 6.54 Å². The number of nitrogens with one attached hydrogen (secondary N) is 2. The highest BCUT2D eigenvalue weighted by molar-refractivity contribution is 5.84. The zero-order valence-electron chi connectivity index (χ0n) is 14.4. The smallest absolute Gasteiger partial charge is 0.243 e. The van der Waals surface area contributed by atoms with Crippen molar-refractivity contribution in [2.75, 3.05) is 60.0 Å². The van der Waals surface area contributed by atoms with Crippen molar-refractivity contribution in [3.63, 3.8) is 0 Å². The summed E-state index contributed by atoms with van der Waals surface area (Å²) >= 11 is 0. The summed E-state index contributed by atoms with van der Waals surface area (Å²) in [5.74, 6) is 0.705. The van der Waals surface area contributed by atoms with E-state index >= 15 is 0 Å². The molecule has 0 aromatic rings. The van der Waals surface area contributed by atoms with Crippen molar-refractivity contribution in [2.24, 2.45) is 4.99 Å². The molecule has 0 aromatic carbocycles. The first-order valence-electron chi connectivity index (χ1n) is 8.08. The van der Waals surface area contributed by atoms with Gasteiger partial charge >= 0.3 is 0 Å². The van der Waals surface area contributed by atoms with E-state index in [4.69, 9.17) is 4.74 Å². The molecule has 2 N–H and O–H groups in total. The van der Waals surface area contributed by atoms with E-state index in [1.165, 1.54) is 0 Å². The van der Waals surface area contributed by atoms with E-state index in [9.17, 15) is 4.79 Å². The molecule has 1 fully saturated rings. The number of ether oxygens (including phenoxy) is 1. The van der Waals surface area contributed by atoms with E-state index in [-0.39, 0.29) is 12.5 Å². The fourth-order valence-electron chi connectivity index (χ4n) is 1.93. The van der Waals surface area contributed by atoms with Crippen LogP contribution in [-0.2, 0) is 9.53 Å². The van der Waals surface area contributed by atoms with Gasteiger partial charge in [-0.05, 0) is 13.3 Å². The lowest BCUT2D eigenvalue weighted by Gasteiger charge is -2.27. The van der Waals surface area contributed by atoms with Crippen LogP contribution in [-0.4, -0.2) is 87.7 Å². The predicted molar refractivity (Wildman–Crippen MR) is 89.1 cm³/mol. The van der Waals surface area contributed by atoms with E-state index in [2.05, 4.69) is 34.4 Å². The van der Waals surface area contributed by atoms with Crippen molar-refractivity contribution in [3.8, 4) is 0 Å². The number of likely N-dealkylation sites (N-methyl/N-ethyl adjacent to an activating group) is 1. The minimum atomic E-state index is -0.00145. The Labute approximate surface area is 134 Å². The summed E-state index contributed by atoms with van der Waals surface area (Å²) in [6, 6.07) is 0.323. The highest BCUT2D eigenvalue weighted by Crippen LogP contribution is 1.95. The van der Waals surface area contributed by atoms with Crippen LogP contribution in [0.3, 0.4) is 0 Å². The number of hydrogen-bond donors (Lipinski definition) is 2. The Morgan fingerprint density at radius 1 is 1.36 bits per heavy atom. The highest BCUT2D eigenvalue weighted by Gasteiger charge is 2.11. The molecule has 0 spiro atoms. The number of morpholine rings is 1. The molecular weight excluding hydrogens is 282 g/mol. The van der Waals surface area contributed by atoms with Crippen LogP contribution in [0.2, 0.25) is 0 Å². The molecule has 0 radical (unpaired) electrons. The maximum Gasteiger partial charge on any atom is 0.243 e. The molecular formula is C15H31N5O2. The van der Waals surface area contributed by atoms with Gasteiger partial charge in [0.2, 0.25) is 5.91 Å². The van der Waals surface area contributed by atoms with Crippen molar-refractivity contribution in [3.05, 3.63) is 0 Å². The van der Waals surface area contributed by atoms with Gasteiger partial charge in [-0.2, -0.15) is 0 Å². The first-order valence-corrected chi connectivity index (χ1v) is 8.08. The topological polar surface area (TPSA) is 69.2 Å². The second-order valence-corrected chi connectivity index (χ2v) is 5.79. The number of carbonyl (C=O) groups is 1. The highest BCUT2D eigenvalue weighted by atomic mass is 16.5. The summed E-state index contributed by atoms with van der Waals surface area (Å²) in [4.78, 5) is 20.0. The third-order valence-electron chi connectivity index (χ3n) is 3.69. The van der Waals surface area contributed by atoms with Gasteiger partial charge in [0, 0.05) is 46.3 Å². The molecule has 1 aliphatic rings. The maximum absolute atomic E-state index is 11.7. The average molecular weight is 313 g/mol. The van der Waals surface area contributed by atoms with Gasteiger partial charge in [-0.25, -0.2) is 4.99 Å². The SMILES string of the molecule is CCC(C)NC(=NCC(=O)N(C)C)NCCN1CCOCC1. The fraction of sp³-hybridized carbons (Fsp3) is 0.867. The molecule has 0 aromatic heterocycles. The Kier molecular flexibility index (Phi) is 8.84. The molecule has 0 saturated carbocycles. The van der Waals surface area contributed by atoms with Crippen molar-refractivity contribution < 1.29 is 9.53 Å². The molecule has 22 heavy (non-hydrogen) atoms. The fourth-order valence-corrected chi connectivity index (χ4v) is 1.93. The normalized spacial score (nSPS) is 17.9. The molecule has 0 aliphatic carbocycles. The standard InChI is InChI=1S/C15H31N5O2/c1-5-13(2)18-15(17-12-14(21)19(3)4)16-6-7-20-8-10-22-11-9-20/h13H,5-12H2,1-4H3,(H2,16,17,18). The molecule has 7 heteroatoms. The summed E-state index contributed by atoms with van der Waals surface area (Å²) in [6.07, 6.45) is 1.01. The average Bonchev–Trinajstić information content (AvgIpc) is 2.52. The molecule has 0 bridgehead atoms. The summed E-state index contributed by atoms with van der Waals surface area (Å²) in [7, 11) is 3.48. The Morgan fingerprint density at radius 2 is 2.05 bits per heavy atom. The van der Waals surface area contributed by atoms with Crippen LogP contribution in [0, 0.1) is 0 Å². The maximum atomic E-state index is 11.7. The third-order valence-corrected chi connectivity index (χ3v) is 3.69. The lowest BCUT2D eigenvalue weighted by molar-refractivity contribution is -0.127. The summed E-state index contributed by atoms with van der Waals surface area (Å²) in [6.45, 7) is 9.72. The van der Waals surface area contributed by atoms with Crippen LogP contribution in [0.25, 0.3) is 0 Å². The number of amides is 1. The second-order valence-electron chi connectivity index (χ2n) is 5.79.